The van der Waals surface area contributed by atoms with Gasteiger partial charge in [0.05, 0.1) is 31.5 Å². The molecule has 1 saturated heterocycles. The van der Waals surface area contributed by atoms with E-state index >= 15 is 0 Å². The van der Waals surface area contributed by atoms with Crippen LogP contribution in [0.5, 0.6) is 0 Å². The van der Waals surface area contributed by atoms with Crippen molar-refractivity contribution in [2.75, 3.05) is 26.5 Å². The summed E-state index contributed by atoms with van der Waals surface area (Å²) in [5.41, 5.74) is 0.203. The molecule has 4 aliphatic rings. The molecule has 0 aromatic carbocycles. The Bertz CT molecular complexity index is 1190. The summed E-state index contributed by atoms with van der Waals surface area (Å²) in [7, 11) is 0. The Kier molecular flexibility index (Phi) is 8.25. The molecule has 3 N–H and O–H groups in total. The van der Waals surface area contributed by atoms with E-state index in [0.29, 0.717) is 32.2 Å². The Morgan fingerprint density at radius 2 is 1.80 bits per heavy atom. The Morgan fingerprint density at radius 1 is 1.07 bits per heavy atom. The summed E-state index contributed by atoms with van der Waals surface area (Å²) in [6.07, 6.45) is 3.25. The largest absolute Gasteiger partial charge is 0.428 e. The first kappa shape index (κ1) is 27.9. The van der Waals surface area contributed by atoms with Gasteiger partial charge in [-0.15, -0.1) is 0 Å². The van der Waals surface area contributed by atoms with Crippen LogP contribution in [0.2, 0.25) is 0 Å². The molecule has 0 radical (unpaired) electrons. The molecule has 5 rings (SSSR count). The maximum absolute atomic E-state index is 12.6. The molecule has 40 heavy (non-hydrogen) atoms. The van der Waals surface area contributed by atoms with Crippen molar-refractivity contribution in [2.45, 2.75) is 56.6 Å². The van der Waals surface area contributed by atoms with Crippen molar-refractivity contribution in [1.29, 1.82) is 0 Å². The molecule has 2 fully saturated rings. The predicted octanol–water partition coefficient (Wildman–Crippen LogP) is -0.0987. The first-order chi connectivity index (χ1) is 19.2. The van der Waals surface area contributed by atoms with Gasteiger partial charge in [-0.05, 0) is 31.6 Å². The monoisotopic (exact) mass is 561 g/mol. The maximum Gasteiger partial charge on any atom is 0.418 e. The quantitative estimate of drug-likeness (QED) is 0.229. The average Bonchev–Trinajstić information content (AvgIpc) is 3.60. The van der Waals surface area contributed by atoms with Gasteiger partial charge in [0.1, 0.15) is 30.5 Å². The Hall–Kier alpha value is -3.66. The summed E-state index contributed by atoms with van der Waals surface area (Å²) in [6.45, 7) is -0.857. The molecule has 15 heteroatoms. The second kappa shape index (κ2) is 11.8. The molecule has 1 aromatic heterocycles. The highest BCUT2D eigenvalue weighted by molar-refractivity contribution is 6.12. The minimum Gasteiger partial charge on any atom is -0.428 e. The Balaban J connectivity index is 1.08. The fourth-order valence-corrected chi connectivity index (χ4v) is 5.35. The summed E-state index contributed by atoms with van der Waals surface area (Å²) in [4.78, 5) is 59.2. The predicted molar refractivity (Wildman–Crippen MR) is 132 cm³/mol. The van der Waals surface area contributed by atoms with Crippen LogP contribution in [0.3, 0.4) is 0 Å². The van der Waals surface area contributed by atoms with Gasteiger partial charge in [0.25, 0.3) is 11.8 Å². The number of hydrogen-bond acceptors (Lipinski definition) is 12. The number of carbonyl (C=O) groups is 4. The molecule has 3 amide bonds. The smallest absolute Gasteiger partial charge is 0.418 e. The van der Waals surface area contributed by atoms with E-state index in [1.807, 2.05) is 0 Å². The molecule has 4 atom stereocenters. The van der Waals surface area contributed by atoms with Crippen LogP contribution in [0.15, 0.2) is 23.5 Å². The van der Waals surface area contributed by atoms with Crippen LogP contribution >= 0.6 is 0 Å². The lowest BCUT2D eigenvalue weighted by Gasteiger charge is -2.29. The molecule has 1 saturated carbocycles. The van der Waals surface area contributed by atoms with Crippen molar-refractivity contribution in [3.8, 4) is 0 Å². The third kappa shape index (κ3) is 5.77. The summed E-state index contributed by atoms with van der Waals surface area (Å²) in [5.74, 6) is -1.18. The molecule has 216 valence electrons. The number of aliphatic hydroxyl groups excluding tert-OH is 3. The van der Waals surface area contributed by atoms with Crippen molar-refractivity contribution >= 4 is 36.0 Å². The van der Waals surface area contributed by atoms with E-state index < -0.39 is 43.4 Å². The molecular weight excluding hydrogens is 530 g/mol. The van der Waals surface area contributed by atoms with Crippen LogP contribution in [0.4, 0.5) is 10.6 Å². The minimum absolute atomic E-state index is 0.111. The number of imide groups is 1. The highest BCUT2D eigenvalue weighted by Crippen LogP contribution is 2.36. The van der Waals surface area contributed by atoms with E-state index in [1.165, 1.54) is 34.3 Å². The van der Waals surface area contributed by atoms with Crippen molar-refractivity contribution in [3.63, 3.8) is 0 Å². The number of nitrogens with zero attached hydrogens (tertiary/aromatic N) is 5. The van der Waals surface area contributed by atoms with Crippen molar-refractivity contribution in [3.05, 3.63) is 24.2 Å². The zero-order valence-corrected chi connectivity index (χ0v) is 21.6. The van der Waals surface area contributed by atoms with Gasteiger partial charge in [-0.1, -0.05) is 0 Å². The van der Waals surface area contributed by atoms with Gasteiger partial charge in [-0.3, -0.25) is 28.8 Å². The number of hydrogen-bond donors (Lipinski definition) is 3. The van der Waals surface area contributed by atoms with Crippen LogP contribution in [0, 0.1) is 11.8 Å². The van der Waals surface area contributed by atoms with Gasteiger partial charge < -0.3 is 29.5 Å². The lowest BCUT2D eigenvalue weighted by Crippen LogP contribution is -2.37. The second-order valence-electron chi connectivity index (χ2n) is 10.2. The average molecular weight is 562 g/mol. The summed E-state index contributed by atoms with van der Waals surface area (Å²) in [6, 6.07) is 0. The lowest BCUT2D eigenvalue weighted by molar-refractivity contribution is -0.159. The minimum atomic E-state index is -1.20. The first-order valence-corrected chi connectivity index (χ1v) is 13.1. The van der Waals surface area contributed by atoms with Gasteiger partial charge in [-0.25, -0.2) is 14.8 Å². The fourth-order valence-electron chi connectivity index (χ4n) is 5.35. The number of rotatable bonds is 7. The third-order valence-electron chi connectivity index (χ3n) is 7.63. The Morgan fingerprint density at radius 3 is 2.48 bits per heavy atom. The number of aromatic nitrogens is 2. The second-order valence-corrected chi connectivity index (χ2v) is 10.2. The van der Waals surface area contributed by atoms with Gasteiger partial charge in [-0.2, -0.15) is 0 Å². The maximum atomic E-state index is 12.6. The number of imidazole rings is 1. The molecule has 3 aliphatic heterocycles. The number of aliphatic hydroxyl groups is 3. The van der Waals surface area contributed by atoms with E-state index in [1.54, 1.807) is 0 Å². The highest BCUT2D eigenvalue weighted by Gasteiger charge is 2.37. The lowest BCUT2D eigenvalue weighted by atomic mass is 9.82. The number of aliphatic imine (C=N–C) groups is 1. The molecule has 1 aromatic rings. The molecular formula is C25H31N5O10. The highest BCUT2D eigenvalue weighted by atomic mass is 16.7. The van der Waals surface area contributed by atoms with E-state index in [2.05, 4.69) is 9.98 Å². The molecule has 0 unspecified atom stereocenters. The van der Waals surface area contributed by atoms with Gasteiger partial charge in [0.2, 0.25) is 6.79 Å². The van der Waals surface area contributed by atoms with E-state index in [4.69, 9.17) is 14.2 Å². The van der Waals surface area contributed by atoms with Crippen LogP contribution in [0.1, 0.15) is 50.1 Å². The number of β-amino-alcohol motifs (C(OH)–C–C–N with tert-alkyl or cyclic N) is 1. The summed E-state index contributed by atoms with van der Waals surface area (Å²) >= 11 is 0. The van der Waals surface area contributed by atoms with Crippen LogP contribution in [-0.4, -0.2) is 104 Å². The molecule has 1 aliphatic carbocycles. The van der Waals surface area contributed by atoms with Crippen LogP contribution in [-0.2, 0) is 28.6 Å². The number of fused-ring (bicyclic) bond motifs is 1. The number of esters is 1. The van der Waals surface area contributed by atoms with Crippen molar-refractivity contribution < 1.29 is 48.7 Å². The van der Waals surface area contributed by atoms with Gasteiger partial charge in [0.15, 0.2) is 5.82 Å². The molecule has 15 nitrogen and oxygen atoms in total. The number of ether oxygens (including phenoxy) is 3. The van der Waals surface area contributed by atoms with Crippen molar-refractivity contribution in [1.82, 2.24) is 19.4 Å². The summed E-state index contributed by atoms with van der Waals surface area (Å²) < 4.78 is 17.4. The number of amides is 3. The molecule has 0 spiro atoms. The summed E-state index contributed by atoms with van der Waals surface area (Å²) in [5, 5.41) is 30.0. The fraction of sp³-hybridized carbons (Fsp3) is 0.600. The zero-order valence-electron chi connectivity index (χ0n) is 21.6. The Labute approximate surface area is 228 Å². The van der Waals surface area contributed by atoms with Gasteiger partial charge in [0, 0.05) is 25.1 Å². The number of carbonyl (C=O) groups excluding carboxylic acids is 4. The molecule has 4 heterocycles. The van der Waals surface area contributed by atoms with Gasteiger partial charge >= 0.3 is 12.1 Å². The first-order valence-electron chi connectivity index (χ1n) is 13.1. The van der Waals surface area contributed by atoms with Crippen molar-refractivity contribution in [2.24, 2.45) is 16.8 Å². The van der Waals surface area contributed by atoms with E-state index in [-0.39, 0.29) is 54.7 Å². The van der Waals surface area contributed by atoms with Crippen LogP contribution < -0.4 is 0 Å². The topological polar surface area (TPSA) is 193 Å². The van der Waals surface area contributed by atoms with E-state index in [0.717, 1.165) is 4.90 Å². The SMILES string of the molecule is O=C(OCOC(=O)N1C=Nc2c(ncn2[C@@H]2C[C@@H](O)[C@H](CO)O2)[C@H](O)C1)C1CCC(CN2C(=O)C=CC2=O)CC1. The normalized spacial score (nSPS) is 30.0. The van der Waals surface area contributed by atoms with Crippen LogP contribution in [0.25, 0.3) is 0 Å². The third-order valence-corrected chi connectivity index (χ3v) is 7.63. The van der Waals surface area contributed by atoms with E-state index in [9.17, 15) is 34.5 Å². The standard InChI is InChI=1S/C25H31N5O10/c31-10-18-16(32)7-21(40-18)30-12-26-22-17(33)9-28(11-27-23(22)30)25(37)39-13-38-24(36)15-3-1-14(2-4-15)8-29-19(34)5-6-20(29)35/h5-6,11-12,14-18,21,31-33H,1-4,7-10,13H2/t14?,15?,16-,17-,18+,21+/m1/s1. The molecule has 0 bridgehead atoms. The zero-order chi connectivity index (χ0) is 28.4.